The monoisotopic (exact) mass is 393 g/mol. The van der Waals surface area contributed by atoms with Crippen LogP contribution in [-0.2, 0) is 6.54 Å². The number of aromatic nitrogens is 2. The Labute approximate surface area is 173 Å². The minimum atomic E-state index is -0.00511. The Hall–Kier alpha value is -2.47. The van der Waals surface area contributed by atoms with E-state index in [9.17, 15) is 4.79 Å². The molecule has 1 amide bonds. The number of benzene rings is 1. The van der Waals surface area contributed by atoms with Gasteiger partial charge in [0, 0.05) is 39.3 Å². The molecule has 6 heteroatoms. The van der Waals surface area contributed by atoms with Crippen molar-refractivity contribution < 1.29 is 4.79 Å². The zero-order valence-corrected chi connectivity index (χ0v) is 17.3. The summed E-state index contributed by atoms with van der Waals surface area (Å²) in [7, 11) is 0. The lowest BCUT2D eigenvalue weighted by molar-refractivity contribution is 0.0731. The fraction of sp³-hybridized carbons (Fsp3) is 0.522. The third-order valence-corrected chi connectivity index (χ3v) is 6.07. The van der Waals surface area contributed by atoms with Crippen LogP contribution in [0.3, 0.4) is 0 Å². The molecule has 0 spiro atoms. The number of carbonyl (C=O) groups excluding carboxylic acids is 1. The van der Waals surface area contributed by atoms with Gasteiger partial charge in [-0.15, -0.1) is 10.2 Å². The zero-order chi connectivity index (χ0) is 20.1. The lowest BCUT2D eigenvalue weighted by atomic mass is 10.1. The van der Waals surface area contributed by atoms with Crippen LogP contribution in [0.1, 0.15) is 42.2 Å². The number of hydrogen-bond donors (Lipinski definition) is 0. The Morgan fingerprint density at radius 2 is 1.86 bits per heavy atom. The van der Waals surface area contributed by atoms with Crippen molar-refractivity contribution in [1.29, 1.82) is 0 Å². The molecule has 0 bridgehead atoms. The second-order valence-corrected chi connectivity index (χ2v) is 8.19. The fourth-order valence-electron chi connectivity index (χ4n) is 4.43. The second-order valence-electron chi connectivity index (χ2n) is 8.19. The van der Waals surface area contributed by atoms with Crippen molar-refractivity contribution in [3.63, 3.8) is 0 Å². The van der Waals surface area contributed by atoms with E-state index < -0.39 is 0 Å². The van der Waals surface area contributed by atoms with Crippen LogP contribution in [0, 0.1) is 5.92 Å². The quantitative estimate of drug-likeness (QED) is 0.724. The second kappa shape index (κ2) is 9.35. The molecular weight excluding hydrogens is 362 g/mol. The molecule has 1 aromatic carbocycles. The molecule has 29 heavy (non-hydrogen) atoms. The molecule has 3 heterocycles. The number of nitrogens with zero attached hydrogens (tertiary/aromatic N) is 5. The van der Waals surface area contributed by atoms with E-state index in [1.54, 1.807) is 0 Å². The molecular formula is C23H31N5O. The molecule has 2 aromatic rings. The Kier molecular flexibility index (Phi) is 6.39. The van der Waals surface area contributed by atoms with E-state index in [-0.39, 0.29) is 5.91 Å². The lowest BCUT2D eigenvalue weighted by Gasteiger charge is -2.24. The van der Waals surface area contributed by atoms with E-state index in [1.807, 2.05) is 24.0 Å². The number of carbonyl (C=O) groups is 1. The summed E-state index contributed by atoms with van der Waals surface area (Å²) in [6.45, 7) is 8.71. The molecule has 6 nitrogen and oxygen atoms in total. The van der Waals surface area contributed by atoms with E-state index in [4.69, 9.17) is 0 Å². The predicted octanol–water partition coefficient (Wildman–Crippen LogP) is 3.06. The van der Waals surface area contributed by atoms with Crippen LogP contribution in [-0.4, -0.2) is 65.2 Å². The van der Waals surface area contributed by atoms with Crippen LogP contribution in [0.25, 0.3) is 0 Å². The maximum atomic E-state index is 13.0. The fourth-order valence-corrected chi connectivity index (χ4v) is 4.43. The first-order chi connectivity index (χ1) is 14.2. The Morgan fingerprint density at radius 3 is 2.55 bits per heavy atom. The summed E-state index contributed by atoms with van der Waals surface area (Å²) in [5, 5.41) is 8.55. The number of hydrogen-bond acceptors (Lipinski definition) is 5. The Bertz CT molecular complexity index is 789. The van der Waals surface area contributed by atoms with Crippen LogP contribution in [0.2, 0.25) is 0 Å². The third kappa shape index (κ3) is 4.93. The number of likely N-dealkylation sites (tertiary alicyclic amines) is 1. The van der Waals surface area contributed by atoms with Gasteiger partial charge in [0.25, 0.3) is 5.91 Å². The van der Waals surface area contributed by atoms with Crippen molar-refractivity contribution in [3.05, 3.63) is 53.7 Å². The minimum Gasteiger partial charge on any atom is -0.355 e. The SMILES string of the molecule is CCN(C[C@H]1CCN(Cc2ccccc2)C1)C(=O)c1ccc(N2CCCC2)nn1. The first-order valence-electron chi connectivity index (χ1n) is 10.9. The van der Waals surface area contributed by atoms with Crippen molar-refractivity contribution in [2.75, 3.05) is 44.2 Å². The van der Waals surface area contributed by atoms with Crippen molar-refractivity contribution in [2.24, 2.45) is 5.92 Å². The van der Waals surface area contributed by atoms with Crippen molar-refractivity contribution in [1.82, 2.24) is 20.0 Å². The normalized spacial score (nSPS) is 19.6. The van der Waals surface area contributed by atoms with Crippen LogP contribution >= 0.6 is 0 Å². The molecule has 2 aliphatic rings. The van der Waals surface area contributed by atoms with Gasteiger partial charge in [0.1, 0.15) is 0 Å². The van der Waals surface area contributed by atoms with Gasteiger partial charge in [-0.05, 0) is 56.3 Å². The van der Waals surface area contributed by atoms with Gasteiger partial charge < -0.3 is 9.80 Å². The summed E-state index contributed by atoms with van der Waals surface area (Å²) >= 11 is 0. The zero-order valence-electron chi connectivity index (χ0n) is 17.3. The molecule has 0 unspecified atom stereocenters. The molecule has 4 rings (SSSR count). The first-order valence-corrected chi connectivity index (χ1v) is 10.9. The van der Waals surface area contributed by atoms with Gasteiger partial charge in [-0.2, -0.15) is 0 Å². The van der Waals surface area contributed by atoms with Gasteiger partial charge in [0.2, 0.25) is 0 Å². The Balaban J connectivity index is 1.32. The molecule has 0 N–H and O–H groups in total. The van der Waals surface area contributed by atoms with Crippen molar-refractivity contribution in [3.8, 4) is 0 Å². The van der Waals surface area contributed by atoms with Gasteiger partial charge in [0.15, 0.2) is 11.5 Å². The highest BCUT2D eigenvalue weighted by atomic mass is 16.2. The maximum absolute atomic E-state index is 13.0. The van der Waals surface area contributed by atoms with E-state index >= 15 is 0 Å². The van der Waals surface area contributed by atoms with Crippen LogP contribution in [0.5, 0.6) is 0 Å². The molecule has 2 fully saturated rings. The van der Waals surface area contributed by atoms with E-state index in [1.165, 1.54) is 18.4 Å². The average Bonchev–Trinajstić information content (AvgIpc) is 3.45. The van der Waals surface area contributed by atoms with Crippen LogP contribution in [0.15, 0.2) is 42.5 Å². The molecule has 154 valence electrons. The van der Waals surface area contributed by atoms with Crippen molar-refractivity contribution >= 4 is 11.7 Å². The molecule has 2 saturated heterocycles. The highest BCUT2D eigenvalue weighted by Crippen LogP contribution is 2.21. The van der Waals surface area contributed by atoms with E-state index in [0.717, 1.165) is 51.5 Å². The summed E-state index contributed by atoms with van der Waals surface area (Å²) in [5.74, 6) is 1.39. The number of amides is 1. The third-order valence-electron chi connectivity index (χ3n) is 6.07. The molecule has 0 radical (unpaired) electrons. The summed E-state index contributed by atoms with van der Waals surface area (Å²) in [4.78, 5) is 19.6. The number of anilines is 1. The first kappa shape index (κ1) is 19.8. The average molecular weight is 394 g/mol. The summed E-state index contributed by atoms with van der Waals surface area (Å²) in [5.41, 5.74) is 1.80. The summed E-state index contributed by atoms with van der Waals surface area (Å²) < 4.78 is 0. The standard InChI is InChI=1S/C23H31N5O/c1-2-27(18-20-12-15-26(17-20)16-19-8-4-3-5-9-19)23(29)21-10-11-22(25-24-21)28-13-6-7-14-28/h3-5,8-11,20H,2,6-7,12-18H2,1H3/t20-/m0/s1. The van der Waals surface area contributed by atoms with Crippen LogP contribution in [0.4, 0.5) is 5.82 Å². The number of rotatable bonds is 7. The predicted molar refractivity (Wildman–Crippen MR) is 115 cm³/mol. The Morgan fingerprint density at radius 1 is 1.07 bits per heavy atom. The van der Waals surface area contributed by atoms with Gasteiger partial charge in [-0.25, -0.2) is 0 Å². The smallest absolute Gasteiger partial charge is 0.274 e. The van der Waals surface area contributed by atoms with Gasteiger partial charge in [0.05, 0.1) is 0 Å². The molecule has 0 saturated carbocycles. The largest absolute Gasteiger partial charge is 0.355 e. The van der Waals surface area contributed by atoms with Crippen LogP contribution < -0.4 is 4.90 Å². The van der Waals surface area contributed by atoms with E-state index in [0.29, 0.717) is 18.2 Å². The van der Waals surface area contributed by atoms with Gasteiger partial charge >= 0.3 is 0 Å². The van der Waals surface area contributed by atoms with Crippen molar-refractivity contribution in [2.45, 2.75) is 32.7 Å². The van der Waals surface area contributed by atoms with Gasteiger partial charge in [-0.3, -0.25) is 9.69 Å². The molecule has 0 aliphatic carbocycles. The topological polar surface area (TPSA) is 52.6 Å². The lowest BCUT2D eigenvalue weighted by Crippen LogP contribution is -2.36. The molecule has 1 atom stereocenters. The highest BCUT2D eigenvalue weighted by Gasteiger charge is 2.27. The van der Waals surface area contributed by atoms with Gasteiger partial charge in [-0.1, -0.05) is 30.3 Å². The van der Waals surface area contributed by atoms with E-state index in [2.05, 4.69) is 50.3 Å². The molecule has 2 aliphatic heterocycles. The maximum Gasteiger partial charge on any atom is 0.274 e. The summed E-state index contributed by atoms with van der Waals surface area (Å²) in [6.07, 6.45) is 3.54. The molecule has 1 aromatic heterocycles. The minimum absolute atomic E-state index is 0.00511. The summed E-state index contributed by atoms with van der Waals surface area (Å²) in [6, 6.07) is 14.4. The highest BCUT2D eigenvalue weighted by molar-refractivity contribution is 5.92.